The van der Waals surface area contributed by atoms with Crippen molar-refractivity contribution in [1.82, 2.24) is 9.80 Å². The predicted molar refractivity (Wildman–Crippen MR) is 233 cm³/mol. The van der Waals surface area contributed by atoms with Gasteiger partial charge in [-0.15, -0.1) is 0 Å². The Hall–Kier alpha value is -3.10. The minimum Gasteiger partial charge on any atom is -0.465 e. The lowest BCUT2D eigenvalue weighted by Crippen LogP contribution is -2.51. The van der Waals surface area contributed by atoms with Gasteiger partial charge in [-0.05, 0) is 113 Å². The highest BCUT2D eigenvalue weighted by Gasteiger charge is 2.44. The molecule has 0 N–H and O–H groups in total. The van der Waals surface area contributed by atoms with Crippen LogP contribution in [0.4, 0.5) is 0 Å². The van der Waals surface area contributed by atoms with E-state index in [-0.39, 0.29) is 77.2 Å². The van der Waals surface area contributed by atoms with E-state index in [9.17, 15) is 28.8 Å². The van der Waals surface area contributed by atoms with Crippen molar-refractivity contribution in [1.29, 1.82) is 0 Å². The molecule has 13 unspecified atom stereocenters. The first-order valence-corrected chi connectivity index (χ1v) is 24.4. The number of hydrogen-bond acceptors (Lipinski definition) is 14. The van der Waals surface area contributed by atoms with E-state index in [0.717, 1.165) is 38.8 Å². The van der Waals surface area contributed by atoms with Gasteiger partial charge < -0.3 is 28.4 Å². The van der Waals surface area contributed by atoms with E-state index in [1.165, 1.54) is 0 Å². The molecule has 0 radical (unpaired) electrons. The number of ether oxygens (including phenoxy) is 6. The fourth-order valence-electron chi connectivity index (χ4n) is 9.05. The van der Waals surface area contributed by atoms with Gasteiger partial charge >= 0.3 is 29.8 Å². The van der Waals surface area contributed by atoms with Gasteiger partial charge in [-0.3, -0.25) is 38.6 Å². The minimum atomic E-state index is -1.72. The molecule has 0 amide bonds. The number of hydrogen-bond donors (Lipinski definition) is 0. The van der Waals surface area contributed by atoms with Crippen LogP contribution >= 0.6 is 0 Å². The molecule has 2 saturated heterocycles. The summed E-state index contributed by atoms with van der Waals surface area (Å²) in [4.78, 5) is 84.7. The Morgan fingerprint density at radius 1 is 0.460 bits per heavy atom. The monoisotopic (exact) mass is 887 g/mol. The largest absolute Gasteiger partial charge is 0.465 e. The Balaban J connectivity index is 1.19. The first-order chi connectivity index (χ1) is 30.0. The number of carbonyl (C=O) groups is 6. The van der Waals surface area contributed by atoms with Crippen LogP contribution in [0.3, 0.4) is 0 Å². The van der Waals surface area contributed by atoms with Crippen LogP contribution in [0.25, 0.3) is 0 Å². The smallest absolute Gasteiger partial charge is 0.307 e. The molecule has 14 nitrogen and oxygen atoms in total. The van der Waals surface area contributed by atoms with Crippen molar-refractivity contribution in [2.75, 3.05) is 65.8 Å². The van der Waals surface area contributed by atoms with Gasteiger partial charge in [0.25, 0.3) is 0 Å². The van der Waals surface area contributed by atoms with Crippen molar-refractivity contribution >= 4 is 35.6 Å². The molecule has 2 heterocycles. The van der Waals surface area contributed by atoms with Crippen LogP contribution in [0.5, 0.6) is 0 Å². The number of Topliss-reactive ketones (excluding diaryl/α,β-unsaturated/α-hetero) is 1. The molecule has 0 aromatic rings. The molecule has 356 valence electrons. The second-order valence-electron chi connectivity index (χ2n) is 21.2. The minimum absolute atomic E-state index is 0.0978. The normalized spacial score (nSPS) is 32.5. The molecule has 0 aromatic heterocycles. The average molecular weight is 887 g/mol. The van der Waals surface area contributed by atoms with Crippen molar-refractivity contribution in [2.24, 2.45) is 52.8 Å². The van der Waals surface area contributed by atoms with Crippen LogP contribution in [-0.4, -0.2) is 129 Å². The molecule has 0 aromatic carbocycles. The van der Waals surface area contributed by atoms with E-state index < -0.39 is 54.1 Å². The lowest BCUT2D eigenvalue weighted by molar-refractivity contribution is -0.198. The van der Waals surface area contributed by atoms with Crippen LogP contribution < -0.4 is 0 Å². The molecule has 6 rings (SSSR count). The number of rotatable bonds is 33. The zero-order chi connectivity index (χ0) is 45.3. The molecular formula is C49H78N2O12. The van der Waals surface area contributed by atoms with E-state index in [4.69, 9.17) is 28.4 Å². The van der Waals surface area contributed by atoms with Crippen LogP contribution in [0, 0.1) is 52.8 Å². The van der Waals surface area contributed by atoms with Crippen molar-refractivity contribution < 1.29 is 57.2 Å². The maximum absolute atomic E-state index is 13.8. The van der Waals surface area contributed by atoms with Gasteiger partial charge in [-0.1, -0.05) is 27.7 Å². The van der Waals surface area contributed by atoms with Crippen molar-refractivity contribution in [3.05, 3.63) is 0 Å². The van der Waals surface area contributed by atoms with Gasteiger partial charge in [0, 0.05) is 76.8 Å². The van der Waals surface area contributed by atoms with E-state index in [0.29, 0.717) is 98.2 Å². The van der Waals surface area contributed by atoms with E-state index in [1.54, 1.807) is 0 Å². The summed E-state index contributed by atoms with van der Waals surface area (Å²) in [5.41, 5.74) is -3.01. The van der Waals surface area contributed by atoms with Gasteiger partial charge in [0.2, 0.25) is 5.60 Å². The van der Waals surface area contributed by atoms with Gasteiger partial charge in [-0.2, -0.15) is 0 Å². The maximum atomic E-state index is 13.8. The van der Waals surface area contributed by atoms with Gasteiger partial charge in [-0.25, -0.2) is 0 Å². The second kappa shape index (κ2) is 22.4. The first kappa shape index (κ1) is 49.3. The average Bonchev–Trinajstić information content (AvgIpc) is 3.92. The Morgan fingerprint density at radius 2 is 0.810 bits per heavy atom. The van der Waals surface area contributed by atoms with Crippen LogP contribution in [0.15, 0.2) is 0 Å². The molecule has 0 spiro atoms. The fourth-order valence-corrected chi connectivity index (χ4v) is 9.05. The third-order valence-corrected chi connectivity index (χ3v) is 15.0. The molecule has 4 saturated carbocycles. The van der Waals surface area contributed by atoms with Crippen molar-refractivity contribution in [3.8, 4) is 0 Å². The van der Waals surface area contributed by atoms with Crippen LogP contribution in [0.1, 0.15) is 138 Å². The summed E-state index contributed by atoms with van der Waals surface area (Å²) in [7, 11) is 0. The zero-order valence-electron chi connectivity index (χ0n) is 39.2. The Bertz CT molecular complexity index is 1420. The molecule has 6 fully saturated rings. The summed E-state index contributed by atoms with van der Waals surface area (Å²) in [6, 6.07) is 0.827. The third-order valence-electron chi connectivity index (χ3n) is 15.0. The summed E-state index contributed by atoms with van der Waals surface area (Å²) < 4.78 is 36.2. The van der Waals surface area contributed by atoms with Gasteiger partial charge in [0.1, 0.15) is 32.2 Å². The molecule has 63 heavy (non-hydrogen) atoms. The lowest BCUT2D eigenvalue weighted by atomic mass is 9.84. The molecular weight excluding hydrogens is 809 g/mol. The van der Waals surface area contributed by atoms with Crippen molar-refractivity contribution in [3.63, 3.8) is 0 Å². The summed E-state index contributed by atoms with van der Waals surface area (Å²) in [6.07, 6.45) is 8.09. The van der Waals surface area contributed by atoms with E-state index in [1.807, 2.05) is 0 Å². The van der Waals surface area contributed by atoms with Gasteiger partial charge in [0.15, 0.2) is 0 Å². The number of esters is 5. The number of ketones is 1. The Kier molecular flexibility index (Phi) is 17.5. The zero-order valence-corrected chi connectivity index (χ0v) is 39.2. The van der Waals surface area contributed by atoms with Gasteiger partial charge in [0.05, 0.1) is 25.0 Å². The standard InChI is InChI=1S/C49H78N2O12/c1-32-19-38(32)7-11-43(53)59-27-48(23-42(52)15-17-50-24-36(50)5,28-60-46(56)16-18-51-25-37(51)6)26-58-29-49(63-47(57)14-10-41-22-35(41)4,30-61-44(54)12-8-39-20-33(39)2)31-62-45(55)13-9-40-21-34(40)3/h32-41H,7-31H2,1-6H3. The summed E-state index contributed by atoms with van der Waals surface area (Å²) in [5.74, 6) is 1.74. The number of nitrogens with zero attached hydrogens (tertiary/aromatic N) is 2. The summed E-state index contributed by atoms with van der Waals surface area (Å²) >= 11 is 0. The predicted octanol–water partition coefficient (Wildman–Crippen LogP) is 6.34. The SMILES string of the molecule is CC1CC1CCC(=O)OCC(COCC(COC(=O)CCC1CC1C)(COC(=O)CCC1CC1C)OC(=O)CCC1CC1C)(COC(=O)CCN1CC1C)CC(=O)CCN1CC1C. The highest BCUT2D eigenvalue weighted by Crippen LogP contribution is 2.43. The van der Waals surface area contributed by atoms with E-state index in [2.05, 4.69) is 51.3 Å². The molecule has 13 atom stereocenters. The molecule has 0 bridgehead atoms. The Morgan fingerprint density at radius 3 is 1.19 bits per heavy atom. The topological polar surface area (TPSA) is 164 Å². The van der Waals surface area contributed by atoms with Crippen LogP contribution in [-0.2, 0) is 57.2 Å². The molecule has 14 heteroatoms. The summed E-state index contributed by atoms with van der Waals surface area (Å²) in [6.45, 7) is 13.8. The molecule has 4 aliphatic carbocycles. The quantitative estimate of drug-likeness (QED) is 0.0408. The third kappa shape index (κ3) is 17.3. The Labute approximate surface area is 375 Å². The maximum Gasteiger partial charge on any atom is 0.307 e. The first-order valence-electron chi connectivity index (χ1n) is 24.4. The van der Waals surface area contributed by atoms with Crippen molar-refractivity contribution in [2.45, 2.75) is 156 Å². The highest BCUT2D eigenvalue weighted by molar-refractivity contribution is 5.79. The summed E-state index contributed by atoms with van der Waals surface area (Å²) in [5, 5.41) is 0. The molecule has 2 aliphatic heterocycles. The second-order valence-corrected chi connectivity index (χ2v) is 21.2. The molecule has 6 aliphatic rings. The van der Waals surface area contributed by atoms with E-state index >= 15 is 0 Å². The highest BCUT2D eigenvalue weighted by atomic mass is 16.6. The lowest BCUT2D eigenvalue weighted by Gasteiger charge is -2.36. The fraction of sp³-hybridized carbons (Fsp3) is 0.878. The number of carbonyl (C=O) groups excluding carboxylic acids is 6. The van der Waals surface area contributed by atoms with Crippen LogP contribution in [0.2, 0.25) is 0 Å².